The highest BCUT2D eigenvalue weighted by molar-refractivity contribution is 5.93. The molecular formula is C28H46N4O5. The third-order valence-corrected chi connectivity index (χ3v) is 5.48. The van der Waals surface area contributed by atoms with Gasteiger partial charge >= 0.3 is 6.09 Å². The van der Waals surface area contributed by atoms with E-state index in [4.69, 9.17) is 10.5 Å². The van der Waals surface area contributed by atoms with Crippen LogP contribution in [-0.2, 0) is 19.1 Å². The van der Waals surface area contributed by atoms with E-state index in [2.05, 4.69) is 10.6 Å². The zero-order chi connectivity index (χ0) is 28.9. The van der Waals surface area contributed by atoms with Crippen LogP contribution in [-0.4, -0.2) is 51.4 Å². The monoisotopic (exact) mass is 518 g/mol. The highest BCUT2D eigenvalue weighted by Crippen LogP contribution is 2.32. The number of rotatable bonds is 8. The minimum atomic E-state index is -1.14. The van der Waals surface area contributed by atoms with Gasteiger partial charge in [0.1, 0.15) is 17.7 Å². The number of alkyl carbamates (subject to hydrolysis) is 1. The maximum absolute atomic E-state index is 14.2. The average Bonchev–Trinajstić information content (AvgIpc) is 2.67. The first-order chi connectivity index (χ1) is 16.6. The number of benzene rings is 1. The van der Waals surface area contributed by atoms with Crippen LogP contribution in [0.1, 0.15) is 97.9 Å². The summed E-state index contributed by atoms with van der Waals surface area (Å²) in [5, 5.41) is 5.60. The first-order valence-electron chi connectivity index (χ1n) is 12.6. The van der Waals surface area contributed by atoms with Crippen molar-refractivity contribution in [1.82, 2.24) is 15.5 Å². The third-order valence-electron chi connectivity index (χ3n) is 5.48. The Kier molecular flexibility index (Phi) is 10.3. The quantitative estimate of drug-likeness (QED) is 0.478. The van der Waals surface area contributed by atoms with Gasteiger partial charge in [0.2, 0.25) is 17.7 Å². The molecule has 0 aliphatic heterocycles. The summed E-state index contributed by atoms with van der Waals surface area (Å²) in [4.78, 5) is 53.6. The molecule has 1 rings (SSSR count). The Morgan fingerprint density at radius 1 is 0.946 bits per heavy atom. The normalized spacial score (nSPS) is 13.8. The van der Waals surface area contributed by atoms with Gasteiger partial charge in [-0.2, -0.15) is 0 Å². The van der Waals surface area contributed by atoms with Gasteiger partial charge in [-0.15, -0.1) is 0 Å². The van der Waals surface area contributed by atoms with Crippen LogP contribution in [0.15, 0.2) is 18.2 Å². The number of hydrogen-bond donors (Lipinski definition) is 3. The molecule has 0 spiro atoms. The Morgan fingerprint density at radius 2 is 1.51 bits per heavy atom. The van der Waals surface area contributed by atoms with Gasteiger partial charge in [-0.25, -0.2) is 4.79 Å². The lowest BCUT2D eigenvalue weighted by atomic mass is 9.92. The molecule has 0 fully saturated rings. The molecule has 9 heteroatoms. The molecule has 37 heavy (non-hydrogen) atoms. The van der Waals surface area contributed by atoms with Crippen LogP contribution in [0.2, 0.25) is 0 Å². The number of nitrogens with two attached hydrogens (primary N) is 1. The fraction of sp³-hybridized carbons (Fsp3) is 0.643. The Labute approximate surface area is 221 Å². The van der Waals surface area contributed by atoms with Crippen molar-refractivity contribution >= 4 is 23.8 Å². The number of carbonyl (C=O) groups excluding carboxylic acids is 4. The van der Waals surface area contributed by atoms with Crippen molar-refractivity contribution in [3.8, 4) is 0 Å². The molecule has 2 unspecified atom stereocenters. The van der Waals surface area contributed by atoms with Gasteiger partial charge in [0.05, 0.1) is 0 Å². The number of hydrogen-bond acceptors (Lipinski definition) is 5. The van der Waals surface area contributed by atoms with E-state index in [-0.39, 0.29) is 18.7 Å². The van der Waals surface area contributed by atoms with E-state index in [1.54, 1.807) is 20.8 Å². The number of amides is 4. The van der Waals surface area contributed by atoms with Crippen molar-refractivity contribution in [2.75, 3.05) is 0 Å². The number of carbonyl (C=O) groups is 4. The van der Waals surface area contributed by atoms with Crippen molar-refractivity contribution in [3.05, 3.63) is 34.9 Å². The molecule has 9 nitrogen and oxygen atoms in total. The molecule has 0 saturated carbocycles. The van der Waals surface area contributed by atoms with Crippen molar-refractivity contribution in [2.45, 2.75) is 118 Å². The standard InChI is InChI=1S/C28H46N4O5/c1-17-12-13-19(16-18(17)2)22(23(34)31-26(3,4)5)32(27(6,7)8)24(35)20(14-15-21(29)33)30-25(36)37-28(9,10)11/h12-13,16,20,22H,14-15H2,1-11H3,(H2,29,33)(H,30,36)(H,31,34). The van der Waals surface area contributed by atoms with Crippen molar-refractivity contribution < 1.29 is 23.9 Å². The third kappa shape index (κ3) is 10.4. The zero-order valence-corrected chi connectivity index (χ0v) is 24.4. The lowest BCUT2D eigenvalue weighted by Crippen LogP contribution is -2.59. The molecular weight excluding hydrogens is 472 g/mol. The first kappa shape index (κ1) is 31.9. The summed E-state index contributed by atoms with van der Waals surface area (Å²) in [7, 11) is 0. The van der Waals surface area contributed by atoms with Crippen LogP contribution in [0.25, 0.3) is 0 Å². The van der Waals surface area contributed by atoms with Gasteiger partial charge in [-0.3, -0.25) is 14.4 Å². The van der Waals surface area contributed by atoms with E-state index in [1.807, 2.05) is 73.6 Å². The van der Waals surface area contributed by atoms with Crippen LogP contribution >= 0.6 is 0 Å². The molecule has 0 aliphatic carbocycles. The number of nitrogens with zero attached hydrogens (tertiary/aromatic N) is 1. The molecule has 0 heterocycles. The minimum Gasteiger partial charge on any atom is -0.444 e. The summed E-state index contributed by atoms with van der Waals surface area (Å²) in [6.45, 7) is 20.1. The Bertz CT molecular complexity index is 999. The number of nitrogens with one attached hydrogen (secondary N) is 2. The van der Waals surface area contributed by atoms with E-state index in [1.165, 1.54) is 4.90 Å². The Hall–Kier alpha value is -3.10. The van der Waals surface area contributed by atoms with E-state index in [0.29, 0.717) is 5.56 Å². The Morgan fingerprint density at radius 3 is 1.95 bits per heavy atom. The van der Waals surface area contributed by atoms with E-state index < -0.39 is 46.7 Å². The van der Waals surface area contributed by atoms with E-state index in [0.717, 1.165) is 11.1 Å². The van der Waals surface area contributed by atoms with Crippen LogP contribution < -0.4 is 16.4 Å². The molecule has 1 aromatic carbocycles. The fourth-order valence-electron chi connectivity index (χ4n) is 3.80. The van der Waals surface area contributed by atoms with Crippen LogP contribution in [0.3, 0.4) is 0 Å². The molecule has 1 aromatic rings. The summed E-state index contributed by atoms with van der Waals surface area (Å²) in [5.74, 6) is -1.49. The van der Waals surface area contributed by atoms with Crippen LogP contribution in [0.4, 0.5) is 4.79 Å². The number of aryl methyl sites for hydroxylation is 2. The summed E-state index contributed by atoms with van der Waals surface area (Å²) < 4.78 is 5.36. The smallest absolute Gasteiger partial charge is 0.408 e. The van der Waals surface area contributed by atoms with Gasteiger partial charge in [0.25, 0.3) is 0 Å². The van der Waals surface area contributed by atoms with Crippen LogP contribution in [0, 0.1) is 13.8 Å². The van der Waals surface area contributed by atoms with Gasteiger partial charge < -0.3 is 26.0 Å². The highest BCUT2D eigenvalue weighted by atomic mass is 16.6. The Balaban J connectivity index is 3.66. The lowest BCUT2D eigenvalue weighted by molar-refractivity contribution is -0.149. The number of ether oxygens (including phenoxy) is 1. The SMILES string of the molecule is Cc1ccc(C(C(=O)NC(C)(C)C)N(C(=O)C(CCC(N)=O)NC(=O)OC(C)(C)C)C(C)(C)C)cc1C. The maximum atomic E-state index is 14.2. The van der Waals surface area contributed by atoms with Crippen LogP contribution in [0.5, 0.6) is 0 Å². The second-order valence-corrected chi connectivity index (χ2v) is 12.6. The molecule has 0 aromatic heterocycles. The lowest BCUT2D eigenvalue weighted by Gasteiger charge is -2.43. The van der Waals surface area contributed by atoms with Crippen molar-refractivity contribution in [1.29, 1.82) is 0 Å². The molecule has 0 saturated heterocycles. The maximum Gasteiger partial charge on any atom is 0.408 e. The second-order valence-electron chi connectivity index (χ2n) is 12.6. The van der Waals surface area contributed by atoms with Crippen molar-refractivity contribution in [3.63, 3.8) is 0 Å². The summed E-state index contributed by atoms with van der Waals surface area (Å²) in [5.41, 5.74) is 5.85. The van der Waals surface area contributed by atoms with Crippen molar-refractivity contribution in [2.24, 2.45) is 5.73 Å². The second kappa shape index (κ2) is 12.0. The molecule has 208 valence electrons. The van der Waals surface area contributed by atoms with E-state index in [9.17, 15) is 19.2 Å². The first-order valence-corrected chi connectivity index (χ1v) is 12.6. The number of primary amides is 1. The predicted octanol–water partition coefficient (Wildman–Crippen LogP) is 4.05. The molecule has 4 N–H and O–H groups in total. The molecule has 4 amide bonds. The average molecular weight is 519 g/mol. The van der Waals surface area contributed by atoms with E-state index >= 15 is 0 Å². The van der Waals surface area contributed by atoms with Gasteiger partial charge in [0.15, 0.2) is 0 Å². The molecule has 0 bridgehead atoms. The predicted molar refractivity (Wildman–Crippen MR) is 145 cm³/mol. The van der Waals surface area contributed by atoms with Gasteiger partial charge in [-0.1, -0.05) is 18.2 Å². The van der Waals surface area contributed by atoms with Gasteiger partial charge in [-0.05, 0) is 99.3 Å². The largest absolute Gasteiger partial charge is 0.444 e. The zero-order valence-electron chi connectivity index (χ0n) is 24.4. The molecule has 2 atom stereocenters. The topological polar surface area (TPSA) is 131 Å². The minimum absolute atomic E-state index is 0.0411. The van der Waals surface area contributed by atoms with Gasteiger partial charge in [0, 0.05) is 17.5 Å². The molecule has 0 aliphatic rings. The summed E-state index contributed by atoms with van der Waals surface area (Å²) in [6, 6.07) is 3.51. The fourth-order valence-corrected chi connectivity index (χ4v) is 3.80. The summed E-state index contributed by atoms with van der Waals surface area (Å²) >= 11 is 0. The summed E-state index contributed by atoms with van der Waals surface area (Å²) in [6.07, 6.45) is -0.973. The highest BCUT2D eigenvalue weighted by Gasteiger charge is 2.42. The molecule has 0 radical (unpaired) electrons.